The third kappa shape index (κ3) is 35.9. The number of phenols is 1. The summed E-state index contributed by atoms with van der Waals surface area (Å²) >= 11 is 8.84. The second-order valence-corrected chi connectivity index (χ2v) is 35.1. The molecule has 134 heavy (non-hydrogen) atoms. The number of benzene rings is 3. The van der Waals surface area contributed by atoms with E-state index in [1.165, 1.54) is 69.4 Å². The van der Waals surface area contributed by atoms with Gasteiger partial charge in [0.25, 0.3) is 0 Å². The number of nitrogens with zero attached hydrogens (tertiary/aromatic N) is 4. The maximum atomic E-state index is 14.9. The van der Waals surface area contributed by atoms with E-state index < -0.39 is 239 Å². The normalized spacial score (nSPS) is 16.6. The highest BCUT2D eigenvalue weighted by Crippen LogP contribution is 2.24. The fourth-order valence-electron chi connectivity index (χ4n) is 14.4. The lowest BCUT2D eigenvalue weighted by atomic mass is 9.99. The molecule has 3 aromatic carbocycles. The summed E-state index contributed by atoms with van der Waals surface area (Å²) < 4.78 is -1.48. The predicted molar refractivity (Wildman–Crippen MR) is 490 cm³/mol. The zero-order chi connectivity index (χ0) is 99.4. The van der Waals surface area contributed by atoms with Crippen LogP contribution in [0.25, 0.3) is 0 Å². The molecule has 0 unspecified atom stereocenters. The van der Waals surface area contributed by atoms with Gasteiger partial charge in [0.1, 0.15) is 90.3 Å². The molecule has 1 aromatic heterocycles. The highest BCUT2D eigenvalue weighted by atomic mass is 32.1. The number of guanidine groups is 1. The van der Waals surface area contributed by atoms with E-state index in [0.29, 0.717) is 28.8 Å². The molecule has 0 bridgehead atoms. The summed E-state index contributed by atoms with van der Waals surface area (Å²) in [5, 5.41) is 66.0. The number of imidazole rings is 1. The van der Waals surface area contributed by atoms with E-state index in [9.17, 15) is 106 Å². The minimum atomic E-state index is -1.85. The lowest BCUT2D eigenvalue weighted by Crippen LogP contribution is -2.64. The highest BCUT2D eigenvalue weighted by Gasteiger charge is 2.44. The van der Waals surface area contributed by atoms with Crippen LogP contribution in [-0.4, -0.2) is 293 Å². The standard InChI is InChI=1S/C86H124N24O22S2/c1-44(2)33-55(76(123)105-60(36-50-24-26-52(112)27-25-50)83(130)110-32-15-22-62(110)80(127)106-61(42-133)79(126)104-59(38-65(89)114)73(120)95-41-67(116)109-31-16-23-63(109)84(131)132)101-71(118)46(4)97-70(117)45(3)98-75(122)56(34-48-17-10-8-11-18-48)103-77(124)58(37-51-39-92-43-96-51)99-66(115)40-94-81(128)68(47(5)111)107-82(129)69(86(6,7)134)108-78(125)57(35-49-19-12-9-13-20-49)102-74(121)54(21-14-30-93-85(90)91)100-72(119)53(87)28-29-64(88)113/h8-13,17-20,24-27,39,43-47,53-63,68-69,111-112,133-134H,14-16,21-23,28-38,40-42,87H2,1-7H3,(H2,88,113)(H2,89,114)(H,92,96)(H,94,128)(H,95,120)(H,97,117)(H,98,122)(H,99,115)(H,100,119)(H,101,118)(H,102,121)(H,103,124)(H,104,126)(H,105,123)(H,106,127)(H,107,129)(H,108,125)(H,131,132)(H4,90,91,93)/t45-,46-,47-,53+,54+,55+,56+,57+,58+,59+,60+,61+,62+,63+,68+,69-/m1/s1. The second kappa shape index (κ2) is 53.3. The van der Waals surface area contributed by atoms with E-state index in [-0.39, 0.29) is 114 Å². The molecule has 2 fully saturated rings. The number of likely N-dealkylation sites (tertiary alicyclic amines) is 2. The van der Waals surface area contributed by atoms with E-state index in [0.717, 1.165) is 11.8 Å². The third-order valence-corrected chi connectivity index (χ3v) is 22.2. The number of hydrogen-bond donors (Lipinski definition) is 25. The van der Waals surface area contributed by atoms with Gasteiger partial charge in [0, 0.05) is 74.1 Å². The number of hydrogen-bond acceptors (Lipinski definition) is 26. The molecule has 0 saturated carbocycles. The zero-order valence-electron chi connectivity index (χ0n) is 75.4. The second-order valence-electron chi connectivity index (χ2n) is 33.6. The molecule has 0 spiro atoms. The van der Waals surface area contributed by atoms with Gasteiger partial charge in [-0.3, -0.25) is 91.3 Å². The molecule has 28 N–H and O–H groups in total. The number of thiol groups is 2. The molecular formula is C86H124N24O22S2. The Labute approximate surface area is 783 Å². The number of nitrogens with one attached hydrogen (secondary N) is 15. The van der Waals surface area contributed by atoms with E-state index in [2.05, 4.69) is 115 Å². The molecule has 0 aliphatic carbocycles. The molecule has 732 valence electrons. The molecule has 4 aromatic rings. The number of H-pyrrole nitrogens is 1. The number of aromatic amines is 1. The molecule has 2 aliphatic heterocycles. The molecule has 6 rings (SSSR count). The van der Waals surface area contributed by atoms with Crippen molar-refractivity contribution in [2.45, 2.75) is 240 Å². The summed E-state index contributed by atoms with van der Waals surface area (Å²) in [6.45, 7) is 8.58. The Balaban J connectivity index is 1.11. The number of aliphatic carboxylic acids is 1. The van der Waals surface area contributed by atoms with E-state index in [1.807, 2.05) is 0 Å². The van der Waals surface area contributed by atoms with Crippen LogP contribution >= 0.6 is 25.3 Å². The molecule has 18 amide bonds. The molecule has 2 saturated heterocycles. The van der Waals surface area contributed by atoms with E-state index >= 15 is 0 Å². The van der Waals surface area contributed by atoms with Crippen molar-refractivity contribution >= 4 is 144 Å². The zero-order valence-corrected chi connectivity index (χ0v) is 77.2. The monoisotopic (exact) mass is 1910 g/mol. The van der Waals surface area contributed by atoms with Gasteiger partial charge < -0.3 is 133 Å². The van der Waals surface area contributed by atoms with Crippen LogP contribution in [-0.2, 0) is 117 Å². The Morgan fingerprint density at radius 2 is 1.01 bits per heavy atom. The lowest BCUT2D eigenvalue weighted by molar-refractivity contribution is -0.148. The average Bonchev–Trinajstić information content (AvgIpc) is 1.68. The number of phenolic OH excluding ortho intramolecular Hbond substituents is 1. The van der Waals surface area contributed by atoms with Crippen molar-refractivity contribution in [1.29, 1.82) is 0 Å². The molecule has 2 aliphatic rings. The maximum Gasteiger partial charge on any atom is 0.326 e. The van der Waals surface area contributed by atoms with Crippen LogP contribution in [0.1, 0.15) is 135 Å². The summed E-state index contributed by atoms with van der Waals surface area (Å²) in [5.74, 6) is -19.0. The number of carboxylic acid groups (broad SMARTS) is 1. The fraction of sp³-hybridized carbons (Fsp3) is 0.523. The molecule has 48 heteroatoms. The van der Waals surface area contributed by atoms with Crippen LogP contribution in [0.3, 0.4) is 0 Å². The Kier molecular flexibility index (Phi) is 43.4. The van der Waals surface area contributed by atoms with Gasteiger partial charge in [-0.2, -0.15) is 25.3 Å². The maximum absolute atomic E-state index is 14.9. The number of aliphatic hydroxyl groups excluding tert-OH is 1. The first-order valence-corrected chi connectivity index (χ1v) is 44.6. The van der Waals surface area contributed by atoms with Gasteiger partial charge >= 0.3 is 5.97 Å². The van der Waals surface area contributed by atoms with E-state index in [1.54, 1.807) is 74.5 Å². The number of primary amides is 2. The number of aromatic hydroxyl groups is 1. The minimum absolute atomic E-state index is 0.0282. The summed E-state index contributed by atoms with van der Waals surface area (Å²) in [6, 6.07) is 0.235. The van der Waals surface area contributed by atoms with Crippen molar-refractivity contribution in [3.63, 3.8) is 0 Å². The number of carboxylic acids is 1. The van der Waals surface area contributed by atoms with Crippen molar-refractivity contribution in [3.8, 4) is 5.75 Å². The first-order valence-electron chi connectivity index (χ1n) is 43.5. The van der Waals surface area contributed by atoms with Gasteiger partial charge in [0.15, 0.2) is 5.96 Å². The van der Waals surface area contributed by atoms with Gasteiger partial charge in [-0.25, -0.2) is 9.78 Å². The number of rotatable bonds is 53. The first kappa shape index (κ1) is 109. The van der Waals surface area contributed by atoms with Crippen LogP contribution < -0.4 is 103 Å². The van der Waals surface area contributed by atoms with Crippen LogP contribution in [0.4, 0.5) is 0 Å². The molecule has 16 atom stereocenters. The quantitative estimate of drug-likeness (QED) is 0.00845. The van der Waals surface area contributed by atoms with Gasteiger partial charge in [0.2, 0.25) is 106 Å². The number of nitrogens with two attached hydrogens (primary N) is 5. The number of aromatic nitrogens is 2. The SMILES string of the molecule is CC(C)C[C@H](NC(=O)[C@@H](C)NC(=O)[C@@H](C)NC(=O)[C@H](Cc1ccccc1)NC(=O)[C@H](Cc1cnc[nH]1)NC(=O)CNC(=O)[C@@H](NC(=O)[C@@H](NC(=O)[C@H](Cc1ccccc1)NC(=O)[C@H](CCCN=C(N)N)NC(=O)[C@@H](N)CCC(N)=O)C(C)(C)S)[C@@H](C)O)C(=O)N[C@@H](Cc1ccc(O)cc1)C(=O)N1CCC[C@H]1C(=O)N[C@@H](CS)C(=O)N[C@@H](CC(N)=O)C(=O)NCC(=O)N1CCC[C@H]1C(=O)O. The number of carbonyl (C=O) groups excluding carboxylic acids is 18. The largest absolute Gasteiger partial charge is 0.508 e. The lowest BCUT2D eigenvalue weighted by Gasteiger charge is -2.33. The van der Waals surface area contributed by atoms with Crippen LogP contribution in [0.2, 0.25) is 0 Å². The minimum Gasteiger partial charge on any atom is -0.508 e. The van der Waals surface area contributed by atoms with Crippen LogP contribution in [0, 0.1) is 5.92 Å². The number of amides is 18. The molecule has 46 nitrogen and oxygen atoms in total. The fourth-order valence-corrected chi connectivity index (χ4v) is 14.9. The summed E-state index contributed by atoms with van der Waals surface area (Å²) in [4.78, 5) is 274. The Morgan fingerprint density at radius 1 is 0.522 bits per heavy atom. The van der Waals surface area contributed by atoms with Crippen molar-refractivity contribution < 1.29 is 106 Å². The van der Waals surface area contributed by atoms with E-state index in [4.69, 9.17) is 28.7 Å². The number of aliphatic imine (C=N–C) groups is 1. The average molecular weight is 1910 g/mol. The van der Waals surface area contributed by atoms with Crippen molar-refractivity contribution in [3.05, 3.63) is 120 Å². The summed E-state index contributed by atoms with van der Waals surface area (Å²) in [7, 11) is 0. The van der Waals surface area contributed by atoms with Crippen molar-refractivity contribution in [2.75, 3.05) is 38.5 Å². The van der Waals surface area contributed by atoms with Gasteiger partial charge in [-0.1, -0.05) is 86.6 Å². The Morgan fingerprint density at radius 3 is 1.56 bits per heavy atom. The van der Waals surface area contributed by atoms with Gasteiger partial charge in [-0.15, -0.1) is 0 Å². The highest BCUT2D eigenvalue weighted by molar-refractivity contribution is 7.81. The Bertz CT molecular complexity index is 4800. The predicted octanol–water partition coefficient (Wildman–Crippen LogP) is -6.87. The Hall–Kier alpha value is -13.5. The van der Waals surface area contributed by atoms with Crippen molar-refractivity contribution in [1.82, 2.24) is 94.2 Å². The number of carbonyl (C=O) groups is 19. The summed E-state index contributed by atoms with van der Waals surface area (Å²) in [6.07, 6.45) is -0.260. The van der Waals surface area contributed by atoms with Gasteiger partial charge in [-0.05, 0) is 121 Å². The van der Waals surface area contributed by atoms with Crippen LogP contribution in [0.15, 0.2) is 102 Å². The third-order valence-electron chi connectivity index (χ3n) is 21.6. The summed E-state index contributed by atoms with van der Waals surface area (Å²) in [5.41, 5.74) is 29.4. The van der Waals surface area contributed by atoms with Crippen LogP contribution in [0.5, 0.6) is 5.75 Å². The number of aliphatic hydroxyl groups is 1. The molecular weight excluding hydrogens is 1790 g/mol. The molecule has 3 heterocycles. The first-order chi connectivity index (χ1) is 63.2. The van der Waals surface area contributed by atoms with Crippen molar-refractivity contribution in [2.24, 2.45) is 39.6 Å². The smallest absolute Gasteiger partial charge is 0.326 e. The van der Waals surface area contributed by atoms with Gasteiger partial charge in [0.05, 0.1) is 38.0 Å². The topological polar surface area (TPSA) is 731 Å². The molecule has 0 radical (unpaired) electrons.